The first-order valence-corrected chi connectivity index (χ1v) is 11.9. The molecular formula is C24H32N6O9. The fourth-order valence-corrected chi connectivity index (χ4v) is 3.31. The Morgan fingerprint density at radius 2 is 1.62 bits per heavy atom. The maximum absolute atomic E-state index is 9.10. The molecule has 1 aliphatic rings. The predicted molar refractivity (Wildman–Crippen MR) is 135 cm³/mol. The number of nitrogens with zero attached hydrogens (tertiary/aromatic N) is 5. The highest BCUT2D eigenvalue weighted by molar-refractivity contribution is 6.27. The largest absolute Gasteiger partial charge is 0.494 e. The van der Waals surface area contributed by atoms with Crippen molar-refractivity contribution in [1.82, 2.24) is 19.7 Å². The lowest BCUT2D eigenvalue weighted by atomic mass is 10.1. The summed E-state index contributed by atoms with van der Waals surface area (Å²) in [5.74, 6) is -5.01. The van der Waals surface area contributed by atoms with Crippen LogP contribution in [0, 0.1) is 11.3 Å². The number of hydrogen-bond donors (Lipinski definition) is 5. The Kier molecular flexibility index (Phi) is 14.7. The first kappa shape index (κ1) is 32.3. The Labute approximate surface area is 224 Å². The summed E-state index contributed by atoms with van der Waals surface area (Å²) in [6.45, 7) is 4.80. The number of carbonyl (C=O) groups is 4. The minimum atomic E-state index is -1.82. The summed E-state index contributed by atoms with van der Waals surface area (Å²) in [6.07, 6.45) is 5.11. The summed E-state index contributed by atoms with van der Waals surface area (Å²) >= 11 is 0. The molecule has 5 N–H and O–H groups in total. The number of carboxylic acid groups (broad SMARTS) is 4. The molecule has 1 saturated heterocycles. The Morgan fingerprint density at radius 3 is 2.18 bits per heavy atom. The molecular weight excluding hydrogens is 516 g/mol. The van der Waals surface area contributed by atoms with Gasteiger partial charge in [-0.1, -0.05) is 18.6 Å². The van der Waals surface area contributed by atoms with Crippen LogP contribution in [0.5, 0.6) is 5.75 Å². The number of aromatic nitrogens is 3. The lowest BCUT2D eigenvalue weighted by Gasteiger charge is -2.26. The molecule has 2 aromatic rings. The number of rotatable bonds is 9. The Morgan fingerprint density at radius 1 is 1.00 bits per heavy atom. The smallest absolute Gasteiger partial charge is 0.414 e. The third kappa shape index (κ3) is 13.4. The molecule has 3 rings (SSSR count). The van der Waals surface area contributed by atoms with Crippen molar-refractivity contribution >= 4 is 29.8 Å². The second-order valence-electron chi connectivity index (χ2n) is 8.17. The second kappa shape index (κ2) is 17.7. The third-order valence-electron chi connectivity index (χ3n) is 5.19. The zero-order valence-corrected chi connectivity index (χ0v) is 21.4. The summed E-state index contributed by atoms with van der Waals surface area (Å²) in [5, 5.41) is 49.6. The van der Waals surface area contributed by atoms with Crippen LogP contribution in [0.4, 0.5) is 5.95 Å². The molecule has 2 heterocycles. The molecule has 1 aromatic carbocycles. The normalized spacial score (nSPS) is 12.4. The van der Waals surface area contributed by atoms with Gasteiger partial charge in [-0.15, -0.1) is 10.2 Å². The van der Waals surface area contributed by atoms with E-state index in [2.05, 4.69) is 44.7 Å². The number of aliphatic carboxylic acids is 4. The molecule has 39 heavy (non-hydrogen) atoms. The van der Waals surface area contributed by atoms with E-state index in [9.17, 15) is 0 Å². The average molecular weight is 549 g/mol. The molecule has 0 saturated carbocycles. The SMILES string of the molecule is Cn1c(CC#N)nnc1NCCCOc1cccc(CN2CCCCC2)c1.O=C(O)C(=O)O.O=C(O)C(=O)O. The van der Waals surface area contributed by atoms with Gasteiger partial charge in [-0.2, -0.15) is 5.26 Å². The van der Waals surface area contributed by atoms with Gasteiger partial charge in [0, 0.05) is 20.1 Å². The van der Waals surface area contributed by atoms with Gasteiger partial charge in [0.1, 0.15) is 11.6 Å². The van der Waals surface area contributed by atoms with Crippen LogP contribution in [0.3, 0.4) is 0 Å². The van der Waals surface area contributed by atoms with Gasteiger partial charge in [0.15, 0.2) is 0 Å². The van der Waals surface area contributed by atoms with Crippen molar-refractivity contribution in [2.24, 2.45) is 7.05 Å². The lowest BCUT2D eigenvalue weighted by molar-refractivity contribution is -0.159. The summed E-state index contributed by atoms with van der Waals surface area (Å²) in [6, 6.07) is 10.5. The van der Waals surface area contributed by atoms with Crippen LogP contribution < -0.4 is 10.1 Å². The van der Waals surface area contributed by atoms with Gasteiger partial charge >= 0.3 is 23.9 Å². The number of anilines is 1. The molecule has 1 aromatic heterocycles. The van der Waals surface area contributed by atoms with Crippen LogP contribution in [0.15, 0.2) is 24.3 Å². The Balaban J connectivity index is 0.000000530. The van der Waals surface area contributed by atoms with E-state index < -0.39 is 23.9 Å². The maximum Gasteiger partial charge on any atom is 0.414 e. The molecule has 212 valence electrons. The minimum absolute atomic E-state index is 0.266. The number of likely N-dealkylation sites (tertiary alicyclic amines) is 1. The van der Waals surface area contributed by atoms with E-state index in [0.717, 1.165) is 25.3 Å². The third-order valence-corrected chi connectivity index (χ3v) is 5.19. The van der Waals surface area contributed by atoms with Crippen LogP contribution in [-0.4, -0.2) is 90.2 Å². The molecule has 1 aliphatic heterocycles. The molecule has 15 nitrogen and oxygen atoms in total. The monoisotopic (exact) mass is 548 g/mol. The summed E-state index contributed by atoms with van der Waals surface area (Å²) in [4.78, 5) is 38.9. The number of piperidine rings is 1. The van der Waals surface area contributed by atoms with E-state index in [4.69, 9.17) is 49.6 Å². The fraction of sp³-hybridized carbons (Fsp3) is 0.458. The Bertz CT molecular complexity index is 1090. The van der Waals surface area contributed by atoms with Gasteiger partial charge in [0.25, 0.3) is 0 Å². The molecule has 0 radical (unpaired) electrons. The van der Waals surface area contributed by atoms with Crippen molar-refractivity contribution in [1.29, 1.82) is 5.26 Å². The zero-order chi connectivity index (χ0) is 29.2. The number of benzene rings is 1. The summed E-state index contributed by atoms with van der Waals surface area (Å²) in [7, 11) is 1.86. The molecule has 0 amide bonds. The topological polar surface area (TPSA) is 228 Å². The van der Waals surface area contributed by atoms with Gasteiger partial charge < -0.3 is 30.5 Å². The lowest BCUT2D eigenvalue weighted by Crippen LogP contribution is -2.29. The molecule has 0 atom stereocenters. The van der Waals surface area contributed by atoms with E-state index in [0.29, 0.717) is 18.4 Å². The highest BCUT2D eigenvalue weighted by Gasteiger charge is 2.11. The van der Waals surface area contributed by atoms with Crippen LogP contribution in [0.25, 0.3) is 0 Å². The van der Waals surface area contributed by atoms with E-state index in [1.165, 1.54) is 37.9 Å². The van der Waals surface area contributed by atoms with Gasteiger partial charge in [0.2, 0.25) is 5.95 Å². The molecule has 0 aliphatic carbocycles. The highest BCUT2D eigenvalue weighted by atomic mass is 16.5. The minimum Gasteiger partial charge on any atom is -0.494 e. The van der Waals surface area contributed by atoms with Crippen LogP contribution in [0.1, 0.15) is 37.1 Å². The van der Waals surface area contributed by atoms with Gasteiger partial charge in [-0.25, -0.2) is 19.2 Å². The fourth-order valence-electron chi connectivity index (χ4n) is 3.31. The van der Waals surface area contributed by atoms with Crippen molar-refractivity contribution in [2.45, 2.75) is 38.6 Å². The predicted octanol–water partition coefficient (Wildman–Crippen LogP) is 1.06. The molecule has 0 bridgehead atoms. The van der Waals surface area contributed by atoms with Gasteiger partial charge in [-0.05, 0) is 50.0 Å². The Hall–Kier alpha value is -4.71. The van der Waals surface area contributed by atoms with Crippen molar-refractivity contribution in [3.63, 3.8) is 0 Å². The van der Waals surface area contributed by atoms with E-state index in [1.807, 2.05) is 17.7 Å². The highest BCUT2D eigenvalue weighted by Crippen LogP contribution is 2.17. The number of ether oxygens (including phenoxy) is 1. The first-order valence-electron chi connectivity index (χ1n) is 11.9. The van der Waals surface area contributed by atoms with Gasteiger partial charge in [-0.3, -0.25) is 9.47 Å². The average Bonchev–Trinajstić information content (AvgIpc) is 3.24. The second-order valence-corrected chi connectivity index (χ2v) is 8.17. The number of hydrogen-bond acceptors (Lipinski definition) is 10. The van der Waals surface area contributed by atoms with Crippen molar-refractivity contribution < 1.29 is 44.3 Å². The van der Waals surface area contributed by atoms with Crippen molar-refractivity contribution in [3.8, 4) is 11.8 Å². The molecule has 1 fully saturated rings. The maximum atomic E-state index is 9.10. The van der Waals surface area contributed by atoms with Crippen molar-refractivity contribution in [3.05, 3.63) is 35.7 Å². The van der Waals surface area contributed by atoms with E-state index in [-0.39, 0.29) is 6.42 Å². The van der Waals surface area contributed by atoms with Crippen LogP contribution in [0.2, 0.25) is 0 Å². The van der Waals surface area contributed by atoms with Crippen LogP contribution in [-0.2, 0) is 39.2 Å². The number of nitrogens with one attached hydrogen (secondary N) is 1. The standard InChI is InChI=1S/C20H28N6O.2C2H2O4/c1-25-19(9-10-21)23-24-20(25)22-11-6-14-27-18-8-5-7-17(15-18)16-26-12-3-2-4-13-26;2*3-1(4)2(5)6/h5,7-8,15H,2-4,6,9,11-14,16H2,1H3,(H,22,24);2*(H,3,4)(H,5,6). The molecule has 0 unspecified atom stereocenters. The molecule has 0 spiro atoms. The first-order chi connectivity index (χ1) is 18.5. The quantitative estimate of drug-likeness (QED) is 0.218. The van der Waals surface area contributed by atoms with Crippen LogP contribution >= 0.6 is 0 Å². The zero-order valence-electron chi connectivity index (χ0n) is 21.4. The number of carboxylic acids is 4. The van der Waals surface area contributed by atoms with Gasteiger partial charge in [0.05, 0.1) is 19.1 Å². The number of nitriles is 1. The molecule has 15 heteroatoms. The van der Waals surface area contributed by atoms with Crippen molar-refractivity contribution in [2.75, 3.05) is 31.6 Å². The van der Waals surface area contributed by atoms with E-state index >= 15 is 0 Å². The summed E-state index contributed by atoms with van der Waals surface area (Å²) < 4.78 is 7.72. The summed E-state index contributed by atoms with van der Waals surface area (Å²) in [5.41, 5.74) is 1.32. The van der Waals surface area contributed by atoms with E-state index in [1.54, 1.807) is 0 Å².